The van der Waals surface area contributed by atoms with Gasteiger partial charge in [-0.05, 0) is 36.7 Å². The van der Waals surface area contributed by atoms with E-state index in [1.54, 1.807) is 14.2 Å². The molecule has 0 fully saturated rings. The van der Waals surface area contributed by atoms with Gasteiger partial charge in [-0.25, -0.2) is 0 Å². The second-order valence-corrected chi connectivity index (χ2v) is 6.33. The third-order valence-corrected chi connectivity index (χ3v) is 4.30. The fourth-order valence-electron chi connectivity index (χ4n) is 2.35. The zero-order valence-corrected chi connectivity index (χ0v) is 16.0. The van der Waals surface area contributed by atoms with Crippen LogP contribution >= 0.6 is 23.2 Å². The largest absolute Gasteiger partial charge is 0.493 e. The summed E-state index contributed by atoms with van der Waals surface area (Å²) in [7, 11) is 3.30. The van der Waals surface area contributed by atoms with Crippen molar-refractivity contribution in [3.63, 3.8) is 0 Å². The van der Waals surface area contributed by atoms with Crippen LogP contribution in [0.25, 0.3) is 0 Å². The van der Waals surface area contributed by atoms with Crippen molar-refractivity contribution in [1.82, 2.24) is 5.32 Å². The maximum atomic E-state index is 6.40. The molecule has 25 heavy (non-hydrogen) atoms. The van der Waals surface area contributed by atoms with Gasteiger partial charge in [0.05, 0.1) is 12.1 Å². The van der Waals surface area contributed by atoms with E-state index < -0.39 is 0 Å². The van der Waals surface area contributed by atoms with Crippen molar-refractivity contribution in [2.75, 3.05) is 27.4 Å². The Morgan fingerprint density at radius 3 is 2.56 bits per heavy atom. The second kappa shape index (κ2) is 10.5. The molecule has 0 bridgehead atoms. The van der Waals surface area contributed by atoms with Crippen molar-refractivity contribution >= 4 is 23.2 Å². The lowest BCUT2D eigenvalue weighted by atomic mass is 10.2. The van der Waals surface area contributed by atoms with Crippen LogP contribution in [0.1, 0.15) is 17.5 Å². The number of benzene rings is 2. The summed E-state index contributed by atoms with van der Waals surface area (Å²) in [4.78, 5) is 0. The zero-order valence-electron chi connectivity index (χ0n) is 14.5. The summed E-state index contributed by atoms with van der Waals surface area (Å²) in [5.74, 6) is 1.13. The fourth-order valence-corrected chi connectivity index (χ4v) is 2.83. The van der Waals surface area contributed by atoms with Crippen LogP contribution in [-0.2, 0) is 17.9 Å². The standard InChI is InChI=1S/C19H23Cl2NO3/c1-23-9-5-8-22-12-14-10-17(21)19(18(11-14)24-2)25-13-15-6-3-4-7-16(15)20/h3-4,6-7,10-11,22H,5,8-9,12-13H2,1-2H3. The number of ether oxygens (including phenoxy) is 3. The van der Waals surface area contributed by atoms with Crippen LogP contribution < -0.4 is 14.8 Å². The summed E-state index contributed by atoms with van der Waals surface area (Å²) < 4.78 is 16.3. The Bertz CT molecular complexity index is 680. The Hall–Kier alpha value is -1.46. The molecule has 0 atom stereocenters. The van der Waals surface area contributed by atoms with Gasteiger partial charge in [0.15, 0.2) is 11.5 Å². The second-order valence-electron chi connectivity index (χ2n) is 5.51. The van der Waals surface area contributed by atoms with Crippen molar-refractivity contribution < 1.29 is 14.2 Å². The molecule has 4 nitrogen and oxygen atoms in total. The molecule has 0 saturated heterocycles. The van der Waals surface area contributed by atoms with Gasteiger partial charge >= 0.3 is 0 Å². The lowest BCUT2D eigenvalue weighted by molar-refractivity contribution is 0.194. The van der Waals surface area contributed by atoms with Crippen molar-refractivity contribution in [2.45, 2.75) is 19.6 Å². The molecule has 0 unspecified atom stereocenters. The monoisotopic (exact) mass is 383 g/mol. The first-order chi connectivity index (χ1) is 12.2. The van der Waals surface area contributed by atoms with Gasteiger partial charge in [0, 0.05) is 30.8 Å². The maximum absolute atomic E-state index is 6.40. The molecule has 0 aliphatic carbocycles. The highest BCUT2D eigenvalue weighted by Crippen LogP contribution is 2.37. The molecule has 0 saturated carbocycles. The Labute approximate surface area is 159 Å². The summed E-state index contributed by atoms with van der Waals surface area (Å²) in [6.07, 6.45) is 0.959. The Morgan fingerprint density at radius 2 is 1.84 bits per heavy atom. The number of hydrogen-bond acceptors (Lipinski definition) is 4. The summed E-state index contributed by atoms with van der Waals surface area (Å²) in [6.45, 7) is 2.64. The van der Waals surface area contributed by atoms with E-state index >= 15 is 0 Å². The minimum Gasteiger partial charge on any atom is -0.493 e. The van der Waals surface area contributed by atoms with Crippen LogP contribution in [-0.4, -0.2) is 27.4 Å². The van der Waals surface area contributed by atoms with Crippen LogP contribution in [0.5, 0.6) is 11.5 Å². The molecule has 136 valence electrons. The molecule has 0 spiro atoms. The Morgan fingerprint density at radius 1 is 1.04 bits per heavy atom. The average molecular weight is 384 g/mol. The summed E-state index contributed by atoms with van der Waals surface area (Å²) in [6, 6.07) is 11.4. The van der Waals surface area contributed by atoms with E-state index in [0.29, 0.717) is 34.7 Å². The van der Waals surface area contributed by atoms with Crippen molar-refractivity contribution in [1.29, 1.82) is 0 Å². The molecule has 0 aliphatic rings. The number of methoxy groups -OCH3 is 2. The van der Waals surface area contributed by atoms with Gasteiger partial charge in [0.1, 0.15) is 6.61 Å². The van der Waals surface area contributed by atoms with Crippen LogP contribution in [0, 0.1) is 0 Å². The van der Waals surface area contributed by atoms with Gasteiger partial charge in [-0.15, -0.1) is 0 Å². The smallest absolute Gasteiger partial charge is 0.180 e. The summed E-state index contributed by atoms with van der Waals surface area (Å²) in [5, 5.41) is 4.52. The van der Waals surface area contributed by atoms with E-state index in [1.807, 2.05) is 36.4 Å². The van der Waals surface area contributed by atoms with Crippen LogP contribution in [0.3, 0.4) is 0 Å². The van der Waals surface area contributed by atoms with E-state index in [4.69, 9.17) is 37.4 Å². The molecule has 0 aromatic heterocycles. The van der Waals surface area contributed by atoms with Crippen molar-refractivity contribution in [2.24, 2.45) is 0 Å². The Kier molecular flexibility index (Phi) is 8.35. The quantitative estimate of drug-likeness (QED) is 0.603. The molecular weight excluding hydrogens is 361 g/mol. The van der Waals surface area contributed by atoms with Gasteiger partial charge in [-0.1, -0.05) is 41.4 Å². The van der Waals surface area contributed by atoms with E-state index in [1.165, 1.54) is 0 Å². The first-order valence-corrected chi connectivity index (χ1v) is 8.83. The maximum Gasteiger partial charge on any atom is 0.180 e. The highest BCUT2D eigenvalue weighted by atomic mass is 35.5. The highest BCUT2D eigenvalue weighted by molar-refractivity contribution is 6.32. The lowest BCUT2D eigenvalue weighted by Crippen LogP contribution is -2.16. The van der Waals surface area contributed by atoms with Gasteiger partial charge in [-0.3, -0.25) is 0 Å². The predicted octanol–water partition coefficient (Wildman–Crippen LogP) is 4.71. The van der Waals surface area contributed by atoms with Gasteiger partial charge in [0.2, 0.25) is 0 Å². The zero-order chi connectivity index (χ0) is 18.1. The molecule has 2 aromatic carbocycles. The normalized spacial score (nSPS) is 10.7. The fraction of sp³-hybridized carbons (Fsp3) is 0.368. The summed E-state index contributed by atoms with van der Waals surface area (Å²) >= 11 is 12.6. The molecule has 1 N–H and O–H groups in total. The lowest BCUT2D eigenvalue weighted by Gasteiger charge is -2.15. The Balaban J connectivity index is 2.02. The topological polar surface area (TPSA) is 39.7 Å². The van der Waals surface area contributed by atoms with Crippen molar-refractivity contribution in [3.8, 4) is 11.5 Å². The van der Waals surface area contributed by atoms with Crippen LogP contribution in [0.2, 0.25) is 10.0 Å². The number of rotatable bonds is 10. The van der Waals surface area contributed by atoms with E-state index in [9.17, 15) is 0 Å². The molecule has 0 radical (unpaired) electrons. The third kappa shape index (κ3) is 6.08. The predicted molar refractivity (Wildman–Crippen MR) is 102 cm³/mol. The molecule has 0 heterocycles. The molecule has 2 rings (SSSR count). The first kappa shape index (κ1) is 19.9. The van der Waals surface area contributed by atoms with E-state index in [0.717, 1.165) is 30.7 Å². The van der Waals surface area contributed by atoms with Crippen molar-refractivity contribution in [3.05, 3.63) is 57.6 Å². The average Bonchev–Trinajstić information content (AvgIpc) is 2.61. The molecule has 6 heteroatoms. The molecule has 2 aromatic rings. The minimum absolute atomic E-state index is 0.324. The van der Waals surface area contributed by atoms with E-state index in [-0.39, 0.29) is 0 Å². The highest BCUT2D eigenvalue weighted by Gasteiger charge is 2.13. The van der Waals surface area contributed by atoms with Gasteiger partial charge in [0.25, 0.3) is 0 Å². The third-order valence-electron chi connectivity index (χ3n) is 3.65. The SMILES string of the molecule is COCCCNCc1cc(Cl)c(OCc2ccccc2Cl)c(OC)c1. The first-order valence-electron chi connectivity index (χ1n) is 8.08. The van der Waals surface area contributed by atoms with Crippen LogP contribution in [0.15, 0.2) is 36.4 Å². The van der Waals surface area contributed by atoms with Crippen LogP contribution in [0.4, 0.5) is 0 Å². The molecule has 0 amide bonds. The number of hydrogen-bond donors (Lipinski definition) is 1. The number of halogens is 2. The molecule has 0 aliphatic heterocycles. The van der Waals surface area contributed by atoms with E-state index in [2.05, 4.69) is 5.32 Å². The van der Waals surface area contributed by atoms with Gasteiger partial charge in [-0.2, -0.15) is 0 Å². The summed E-state index contributed by atoms with van der Waals surface area (Å²) in [5.41, 5.74) is 1.93. The minimum atomic E-state index is 0.324. The molecular formula is C19H23Cl2NO3. The van der Waals surface area contributed by atoms with Gasteiger partial charge < -0.3 is 19.5 Å². The number of nitrogens with one attached hydrogen (secondary N) is 1.